The lowest BCUT2D eigenvalue weighted by Gasteiger charge is -2.21. The number of hydrogen-bond donors (Lipinski definition) is 0. The Morgan fingerprint density at radius 2 is 2.20 bits per heavy atom. The zero-order valence-electron chi connectivity index (χ0n) is 7.10. The van der Waals surface area contributed by atoms with Gasteiger partial charge in [-0.2, -0.15) is 0 Å². The zero-order valence-corrected chi connectivity index (χ0v) is 7.10. The molecular weight excluding hydrogens is 128 g/mol. The first-order valence-corrected chi connectivity index (χ1v) is 3.69. The molecule has 0 aromatic heterocycles. The average Bonchev–Trinajstić information content (AvgIpc) is 1.54. The van der Waals surface area contributed by atoms with E-state index in [0.717, 1.165) is 6.42 Å². The monoisotopic (exact) mass is 143 g/mol. The van der Waals surface area contributed by atoms with Crippen LogP contribution in [0.25, 0.3) is 0 Å². The molecule has 0 fully saturated rings. The summed E-state index contributed by atoms with van der Waals surface area (Å²) in [6, 6.07) is 0. The van der Waals surface area contributed by atoms with Gasteiger partial charge in [0.05, 0.1) is 13.3 Å². The second-order valence-electron chi connectivity index (χ2n) is 3.49. The van der Waals surface area contributed by atoms with Gasteiger partial charge in [0.2, 0.25) is 5.60 Å². The molecule has 0 saturated carbocycles. The van der Waals surface area contributed by atoms with Crippen molar-refractivity contribution in [3.63, 3.8) is 0 Å². The summed E-state index contributed by atoms with van der Waals surface area (Å²) >= 11 is 0. The van der Waals surface area contributed by atoms with E-state index >= 15 is 0 Å². The highest BCUT2D eigenvalue weighted by Crippen LogP contribution is 2.21. The Labute approximate surface area is 61.9 Å². The van der Waals surface area contributed by atoms with Crippen LogP contribution in [0, 0.1) is 0 Å². The van der Waals surface area contributed by atoms with E-state index < -0.39 is 0 Å². The predicted molar refractivity (Wildman–Crippen MR) is 39.9 cm³/mol. The summed E-state index contributed by atoms with van der Waals surface area (Å²) in [5.74, 6) is 0.698. The molecule has 2 nitrogen and oxygen atoms in total. The van der Waals surface area contributed by atoms with Gasteiger partial charge >= 0.3 is 5.97 Å². The molecule has 0 N–H and O–H groups in total. The van der Waals surface area contributed by atoms with Gasteiger partial charge in [0.15, 0.2) is 6.10 Å². The van der Waals surface area contributed by atoms with Gasteiger partial charge in [0.25, 0.3) is 0 Å². The number of carbonyl (C=O) groups excluding carboxylic acids is 1. The summed E-state index contributed by atoms with van der Waals surface area (Å²) in [7, 11) is 0. The minimum Gasteiger partial charge on any atom is -0.319 e. The molecule has 0 saturated heterocycles. The van der Waals surface area contributed by atoms with Crippen molar-refractivity contribution in [2.24, 2.45) is 0 Å². The van der Waals surface area contributed by atoms with E-state index in [-0.39, 0.29) is 5.60 Å². The minimum absolute atomic E-state index is 0.0399. The normalized spacial score (nSPS) is 30.8. The number of ether oxygens (including phenoxy) is 1. The van der Waals surface area contributed by atoms with E-state index in [1.54, 1.807) is 0 Å². The topological polar surface area (TPSA) is 20.5 Å². The number of esters is 1. The van der Waals surface area contributed by atoms with E-state index in [2.05, 4.69) is 20.8 Å². The van der Waals surface area contributed by atoms with Crippen LogP contribution < -0.4 is 0 Å². The quantitative estimate of drug-likeness (QED) is 0.373. The summed E-state index contributed by atoms with van der Waals surface area (Å²) in [6.45, 7) is 8.08. The van der Waals surface area contributed by atoms with Crippen LogP contribution in [0.4, 0.5) is 0 Å². The molecule has 0 aliphatic carbocycles. The summed E-state index contributed by atoms with van der Waals surface area (Å²) in [4.78, 5) is 0. The molecule has 0 aromatic carbocycles. The molecular formula is C8H15O2+. The van der Waals surface area contributed by atoms with Crippen molar-refractivity contribution in [1.29, 1.82) is 0 Å². The molecule has 0 bridgehead atoms. The first-order valence-electron chi connectivity index (χ1n) is 3.69. The zero-order chi connectivity index (χ0) is 7.78. The largest absolute Gasteiger partial charge is 0.482 e. The van der Waals surface area contributed by atoms with Crippen LogP contribution in [0.5, 0.6) is 0 Å². The smallest absolute Gasteiger partial charge is 0.319 e. The number of rotatable bonds is 0. The molecule has 10 heavy (non-hydrogen) atoms. The Balaban J connectivity index is 2.70. The molecule has 0 amide bonds. The third kappa shape index (κ3) is 1.72. The molecule has 1 atom stereocenters. The molecule has 0 aromatic rings. The van der Waals surface area contributed by atoms with Gasteiger partial charge in [-0.1, -0.05) is 0 Å². The third-order valence-electron chi connectivity index (χ3n) is 1.57. The highest BCUT2D eigenvalue weighted by Gasteiger charge is 2.37. The van der Waals surface area contributed by atoms with Crippen molar-refractivity contribution in [3.05, 3.63) is 0 Å². The van der Waals surface area contributed by atoms with Crippen molar-refractivity contribution in [2.45, 2.75) is 45.8 Å². The van der Waals surface area contributed by atoms with Gasteiger partial charge in [-0.3, -0.25) is 0 Å². The minimum atomic E-state index is -0.0399. The third-order valence-corrected chi connectivity index (χ3v) is 1.57. The fraction of sp³-hybridized carbons (Fsp3) is 0.875. The first kappa shape index (κ1) is 7.58. The van der Waals surface area contributed by atoms with Crippen molar-refractivity contribution < 1.29 is 9.16 Å². The van der Waals surface area contributed by atoms with Crippen molar-refractivity contribution >= 4 is 5.97 Å². The molecule has 1 rings (SSSR count). The Kier molecular flexibility index (Phi) is 1.71. The Morgan fingerprint density at radius 3 is 2.60 bits per heavy atom. The van der Waals surface area contributed by atoms with Crippen LogP contribution in [0.2, 0.25) is 0 Å². The average molecular weight is 143 g/mol. The Hall–Kier alpha value is -0.530. The molecule has 1 aliphatic rings. The van der Waals surface area contributed by atoms with Crippen molar-refractivity contribution in [1.82, 2.24) is 0 Å². The van der Waals surface area contributed by atoms with Gasteiger partial charge in [0, 0.05) is 13.8 Å². The highest BCUT2D eigenvalue weighted by molar-refractivity contribution is 5.67. The van der Waals surface area contributed by atoms with Crippen molar-refractivity contribution in [3.8, 4) is 0 Å². The fourth-order valence-corrected chi connectivity index (χ4v) is 1.47. The van der Waals surface area contributed by atoms with Crippen LogP contribution in [0.1, 0.15) is 34.1 Å². The van der Waals surface area contributed by atoms with E-state index in [4.69, 9.17) is 9.16 Å². The first-order chi connectivity index (χ1) is 4.49. The van der Waals surface area contributed by atoms with Gasteiger partial charge in [-0.05, 0) is 6.92 Å². The van der Waals surface area contributed by atoms with Gasteiger partial charge in [0.1, 0.15) is 0 Å². The lowest BCUT2D eigenvalue weighted by molar-refractivity contribution is -0.526. The molecule has 1 unspecified atom stereocenters. The van der Waals surface area contributed by atoms with Crippen LogP contribution in [0.3, 0.4) is 0 Å². The molecule has 0 radical (unpaired) electrons. The maximum atomic E-state index is 5.44. The molecule has 1 heterocycles. The van der Waals surface area contributed by atoms with Crippen LogP contribution in [-0.2, 0) is 9.16 Å². The SMILES string of the molecule is CC1=[O+]C(C)CC(C)(C)O1. The fourth-order valence-electron chi connectivity index (χ4n) is 1.47. The maximum absolute atomic E-state index is 5.44. The van der Waals surface area contributed by atoms with Crippen LogP contribution >= 0.6 is 0 Å². The highest BCUT2D eigenvalue weighted by atomic mass is 16.6. The lowest BCUT2D eigenvalue weighted by atomic mass is 10.0. The number of hydrogen-bond acceptors (Lipinski definition) is 1. The van der Waals surface area contributed by atoms with E-state index in [9.17, 15) is 0 Å². The summed E-state index contributed by atoms with van der Waals surface area (Å²) in [5, 5.41) is 0. The summed E-state index contributed by atoms with van der Waals surface area (Å²) in [5.41, 5.74) is -0.0399. The number of cyclic esters (lactones) is 1. The van der Waals surface area contributed by atoms with E-state index in [1.165, 1.54) is 0 Å². The van der Waals surface area contributed by atoms with E-state index in [1.807, 2.05) is 6.92 Å². The molecule has 1 aliphatic heterocycles. The van der Waals surface area contributed by atoms with Gasteiger partial charge in [-0.25, -0.2) is 0 Å². The maximum Gasteiger partial charge on any atom is 0.482 e. The Morgan fingerprint density at radius 1 is 1.60 bits per heavy atom. The standard InChI is InChI=1S/C8H15O2/c1-6-5-8(3,4)10-7(2)9-6/h6H,5H2,1-4H3/q+1. The molecule has 0 spiro atoms. The summed E-state index contributed by atoms with van der Waals surface area (Å²) in [6.07, 6.45) is 1.26. The van der Waals surface area contributed by atoms with Crippen LogP contribution in [-0.4, -0.2) is 17.7 Å². The van der Waals surface area contributed by atoms with E-state index in [0.29, 0.717) is 12.1 Å². The second-order valence-corrected chi connectivity index (χ2v) is 3.49. The van der Waals surface area contributed by atoms with Crippen molar-refractivity contribution in [2.75, 3.05) is 0 Å². The van der Waals surface area contributed by atoms with Crippen LogP contribution in [0.15, 0.2) is 0 Å². The lowest BCUT2D eigenvalue weighted by Crippen LogP contribution is -2.37. The molecule has 2 heteroatoms. The Bertz CT molecular complexity index is 159. The van der Waals surface area contributed by atoms with Gasteiger partial charge < -0.3 is 9.16 Å². The van der Waals surface area contributed by atoms with Gasteiger partial charge in [-0.15, -0.1) is 0 Å². The predicted octanol–water partition coefficient (Wildman–Crippen LogP) is 1.66. The second kappa shape index (κ2) is 2.26. The summed E-state index contributed by atoms with van der Waals surface area (Å²) < 4.78 is 10.8. The molecule has 58 valence electrons.